The molecule has 0 saturated carbocycles. The second kappa shape index (κ2) is 6.53. The first-order chi connectivity index (χ1) is 8.74. The van der Waals surface area contributed by atoms with Gasteiger partial charge in [-0.05, 0) is 45.7 Å². The summed E-state index contributed by atoms with van der Waals surface area (Å²) in [6, 6.07) is 1.06. The molecule has 2 atom stereocenters. The number of likely N-dealkylation sites (N-methyl/N-ethyl adjacent to an activating group) is 1. The van der Waals surface area contributed by atoms with Crippen LogP contribution in [0.25, 0.3) is 0 Å². The molecular formula is C14H26N2O2. The highest BCUT2D eigenvalue weighted by Crippen LogP contribution is 2.29. The lowest BCUT2D eigenvalue weighted by Crippen LogP contribution is -2.47. The summed E-state index contributed by atoms with van der Waals surface area (Å²) in [5.74, 6) is 0.329. The zero-order chi connectivity index (χ0) is 13.0. The van der Waals surface area contributed by atoms with Crippen molar-refractivity contribution in [3.63, 3.8) is 0 Å². The van der Waals surface area contributed by atoms with Gasteiger partial charge in [0.2, 0.25) is 5.91 Å². The Morgan fingerprint density at radius 3 is 2.61 bits per heavy atom. The maximum absolute atomic E-state index is 12.2. The van der Waals surface area contributed by atoms with Gasteiger partial charge in [0.25, 0.3) is 0 Å². The lowest BCUT2D eigenvalue weighted by atomic mass is 10.0. The smallest absolute Gasteiger partial charge is 0.222 e. The van der Waals surface area contributed by atoms with Crippen molar-refractivity contribution in [1.82, 2.24) is 9.80 Å². The molecule has 2 aliphatic rings. The number of carbonyl (C=O) groups is 1. The van der Waals surface area contributed by atoms with Crippen LogP contribution in [0.3, 0.4) is 0 Å². The van der Waals surface area contributed by atoms with Crippen LogP contribution >= 0.6 is 0 Å². The van der Waals surface area contributed by atoms with Gasteiger partial charge >= 0.3 is 0 Å². The number of rotatable bonds is 5. The molecule has 104 valence electrons. The van der Waals surface area contributed by atoms with Gasteiger partial charge in [0.1, 0.15) is 0 Å². The summed E-state index contributed by atoms with van der Waals surface area (Å²) in [7, 11) is 3.89. The molecule has 0 unspecified atom stereocenters. The standard InChI is InChI=1S/C14H26N2O2/c1-15-9-3-6-12(15)13-7-4-10-16(13)14(17)8-5-11-18-2/h12-13H,3-11H2,1-2H3/t12-,13-/m1/s1. The second-order valence-electron chi connectivity index (χ2n) is 5.58. The molecule has 2 saturated heterocycles. The molecule has 18 heavy (non-hydrogen) atoms. The average molecular weight is 254 g/mol. The largest absolute Gasteiger partial charge is 0.385 e. The molecule has 2 fully saturated rings. The van der Waals surface area contributed by atoms with E-state index in [9.17, 15) is 4.79 Å². The Morgan fingerprint density at radius 1 is 1.22 bits per heavy atom. The zero-order valence-electron chi connectivity index (χ0n) is 11.7. The Hall–Kier alpha value is -0.610. The Balaban J connectivity index is 1.88. The van der Waals surface area contributed by atoms with Crippen LogP contribution in [-0.4, -0.2) is 61.6 Å². The van der Waals surface area contributed by atoms with E-state index in [-0.39, 0.29) is 0 Å². The van der Waals surface area contributed by atoms with Crippen LogP contribution in [0.5, 0.6) is 0 Å². The van der Waals surface area contributed by atoms with Gasteiger partial charge in [-0.1, -0.05) is 0 Å². The van der Waals surface area contributed by atoms with Gasteiger partial charge in [-0.3, -0.25) is 4.79 Å². The van der Waals surface area contributed by atoms with E-state index in [4.69, 9.17) is 4.74 Å². The van der Waals surface area contributed by atoms with Gasteiger partial charge < -0.3 is 14.5 Å². The Kier molecular flexibility index (Phi) is 5.01. The molecule has 0 aromatic heterocycles. The molecular weight excluding hydrogens is 228 g/mol. The minimum Gasteiger partial charge on any atom is -0.385 e. The number of methoxy groups -OCH3 is 1. The highest BCUT2D eigenvalue weighted by atomic mass is 16.5. The van der Waals surface area contributed by atoms with Crippen molar-refractivity contribution in [2.45, 2.75) is 50.6 Å². The minimum atomic E-state index is 0.329. The lowest BCUT2D eigenvalue weighted by molar-refractivity contribution is -0.133. The van der Waals surface area contributed by atoms with Gasteiger partial charge in [-0.15, -0.1) is 0 Å². The van der Waals surface area contributed by atoms with Crippen molar-refractivity contribution in [3.8, 4) is 0 Å². The van der Waals surface area contributed by atoms with E-state index in [2.05, 4.69) is 16.8 Å². The Bertz CT molecular complexity index is 283. The summed E-state index contributed by atoms with van der Waals surface area (Å²) >= 11 is 0. The number of hydrogen-bond acceptors (Lipinski definition) is 3. The van der Waals surface area contributed by atoms with Crippen molar-refractivity contribution in [2.24, 2.45) is 0 Å². The van der Waals surface area contributed by atoms with Crippen LogP contribution in [-0.2, 0) is 9.53 Å². The molecule has 4 nitrogen and oxygen atoms in total. The van der Waals surface area contributed by atoms with Gasteiger partial charge in [-0.2, -0.15) is 0 Å². The molecule has 0 N–H and O–H groups in total. The predicted molar refractivity (Wildman–Crippen MR) is 71.5 cm³/mol. The fourth-order valence-electron chi connectivity index (χ4n) is 3.44. The number of nitrogens with zero attached hydrogens (tertiary/aromatic N) is 2. The number of likely N-dealkylation sites (tertiary alicyclic amines) is 2. The third-order valence-electron chi connectivity index (χ3n) is 4.38. The maximum Gasteiger partial charge on any atom is 0.222 e. The molecule has 2 heterocycles. The predicted octanol–water partition coefficient (Wildman–Crippen LogP) is 1.50. The maximum atomic E-state index is 12.2. The van der Waals surface area contributed by atoms with Crippen LogP contribution in [0.1, 0.15) is 38.5 Å². The van der Waals surface area contributed by atoms with Gasteiger partial charge in [0, 0.05) is 38.8 Å². The first-order valence-electron chi connectivity index (χ1n) is 7.22. The third-order valence-corrected chi connectivity index (χ3v) is 4.38. The average Bonchev–Trinajstić information content (AvgIpc) is 2.97. The monoisotopic (exact) mass is 254 g/mol. The molecule has 0 spiro atoms. The number of ether oxygens (including phenoxy) is 1. The van der Waals surface area contributed by atoms with Crippen molar-refractivity contribution >= 4 is 5.91 Å². The summed E-state index contributed by atoms with van der Waals surface area (Å²) in [4.78, 5) is 16.8. The highest BCUT2D eigenvalue weighted by molar-refractivity contribution is 5.76. The molecule has 4 heteroatoms. The summed E-state index contributed by atoms with van der Waals surface area (Å²) < 4.78 is 5.02. The third kappa shape index (κ3) is 3.04. The van der Waals surface area contributed by atoms with Gasteiger partial charge in [0.05, 0.1) is 0 Å². The van der Waals surface area contributed by atoms with E-state index in [1.165, 1.54) is 32.2 Å². The van der Waals surface area contributed by atoms with Gasteiger partial charge in [-0.25, -0.2) is 0 Å². The second-order valence-corrected chi connectivity index (χ2v) is 5.58. The molecule has 2 rings (SSSR count). The van der Waals surface area contributed by atoms with E-state index >= 15 is 0 Å². The van der Waals surface area contributed by atoms with E-state index in [1.54, 1.807) is 7.11 Å². The first kappa shape index (κ1) is 13.8. The highest BCUT2D eigenvalue weighted by Gasteiger charge is 2.37. The van der Waals surface area contributed by atoms with E-state index in [1.807, 2.05) is 0 Å². The lowest BCUT2D eigenvalue weighted by Gasteiger charge is -2.33. The Morgan fingerprint density at radius 2 is 1.94 bits per heavy atom. The van der Waals surface area contributed by atoms with E-state index in [0.29, 0.717) is 31.0 Å². The summed E-state index contributed by atoms with van der Waals surface area (Å²) in [6.07, 6.45) is 6.38. The summed E-state index contributed by atoms with van der Waals surface area (Å²) in [5.41, 5.74) is 0. The van der Waals surface area contributed by atoms with Gasteiger partial charge in [0.15, 0.2) is 0 Å². The molecule has 0 aromatic rings. The summed E-state index contributed by atoms with van der Waals surface area (Å²) in [5, 5.41) is 0. The van der Waals surface area contributed by atoms with E-state index < -0.39 is 0 Å². The molecule has 0 bridgehead atoms. The summed E-state index contributed by atoms with van der Waals surface area (Å²) in [6.45, 7) is 2.83. The Labute approximate surface area is 110 Å². The van der Waals surface area contributed by atoms with Crippen molar-refractivity contribution in [1.29, 1.82) is 0 Å². The van der Waals surface area contributed by atoms with Crippen LogP contribution in [0, 0.1) is 0 Å². The molecule has 1 amide bonds. The number of hydrogen-bond donors (Lipinski definition) is 0. The van der Waals surface area contributed by atoms with Crippen molar-refractivity contribution in [3.05, 3.63) is 0 Å². The normalized spacial score (nSPS) is 29.1. The topological polar surface area (TPSA) is 32.8 Å². The minimum absolute atomic E-state index is 0.329. The van der Waals surface area contributed by atoms with Crippen LogP contribution in [0.4, 0.5) is 0 Å². The molecule has 2 aliphatic heterocycles. The van der Waals surface area contributed by atoms with Crippen molar-refractivity contribution < 1.29 is 9.53 Å². The van der Waals surface area contributed by atoms with Crippen LogP contribution in [0.15, 0.2) is 0 Å². The van der Waals surface area contributed by atoms with Crippen LogP contribution in [0.2, 0.25) is 0 Å². The van der Waals surface area contributed by atoms with E-state index in [0.717, 1.165) is 13.0 Å². The molecule has 0 aromatic carbocycles. The van der Waals surface area contributed by atoms with Crippen LogP contribution < -0.4 is 0 Å². The SMILES string of the molecule is COCCCC(=O)N1CCC[C@@H]1[C@H]1CCCN1C. The first-order valence-corrected chi connectivity index (χ1v) is 7.22. The number of amides is 1. The zero-order valence-corrected chi connectivity index (χ0v) is 11.7. The fourth-order valence-corrected chi connectivity index (χ4v) is 3.44. The quantitative estimate of drug-likeness (QED) is 0.697. The fraction of sp³-hybridized carbons (Fsp3) is 0.929. The number of carbonyl (C=O) groups excluding carboxylic acids is 1. The molecule has 0 radical (unpaired) electrons. The van der Waals surface area contributed by atoms with Crippen molar-refractivity contribution in [2.75, 3.05) is 33.9 Å². The molecule has 0 aliphatic carbocycles.